The number of nitrogens with zero attached hydrogens (tertiary/aromatic N) is 3. The van der Waals surface area contributed by atoms with Crippen LogP contribution in [0.3, 0.4) is 0 Å². The molecular formula is C17H22FN3O2. The number of aromatic nitrogens is 2. The Balaban J connectivity index is 1.53. The number of ether oxygens (including phenoxy) is 1. The summed E-state index contributed by atoms with van der Waals surface area (Å²) in [5.41, 5.74) is 0.573. The van der Waals surface area contributed by atoms with Gasteiger partial charge in [-0.1, -0.05) is 23.4 Å². The predicted octanol–water partition coefficient (Wildman–Crippen LogP) is 2.80. The number of halogens is 1. The van der Waals surface area contributed by atoms with Crippen LogP contribution in [0, 0.1) is 5.82 Å². The molecule has 3 rings (SSSR count). The van der Waals surface area contributed by atoms with E-state index in [2.05, 4.69) is 15.0 Å². The van der Waals surface area contributed by atoms with Crippen molar-refractivity contribution in [2.24, 2.45) is 0 Å². The molecule has 0 spiro atoms. The van der Waals surface area contributed by atoms with E-state index in [1.54, 1.807) is 18.2 Å². The SMILES string of the molecule is CN(Cc1nc(Cc2ccccc2F)no1)C[C@H]1CCCCO1. The second kappa shape index (κ2) is 7.66. The Morgan fingerprint density at radius 1 is 1.30 bits per heavy atom. The van der Waals surface area contributed by atoms with Crippen molar-refractivity contribution in [2.45, 2.75) is 38.3 Å². The lowest BCUT2D eigenvalue weighted by Crippen LogP contribution is -2.33. The molecule has 1 atom stereocenters. The van der Waals surface area contributed by atoms with Crippen LogP contribution < -0.4 is 0 Å². The Hall–Kier alpha value is -1.79. The monoisotopic (exact) mass is 319 g/mol. The fourth-order valence-electron chi connectivity index (χ4n) is 2.83. The molecule has 1 aromatic heterocycles. The molecule has 0 N–H and O–H groups in total. The molecule has 2 aromatic rings. The standard InChI is InChI=1S/C17H22FN3O2/c1-21(11-14-7-4-5-9-22-14)12-17-19-16(20-23-17)10-13-6-2-3-8-15(13)18/h2-3,6,8,14H,4-5,7,9-12H2,1H3/t14-/m1/s1. The maximum Gasteiger partial charge on any atom is 0.240 e. The minimum absolute atomic E-state index is 0.245. The second-order valence-corrected chi connectivity index (χ2v) is 6.06. The van der Waals surface area contributed by atoms with Gasteiger partial charge in [-0.2, -0.15) is 4.98 Å². The van der Waals surface area contributed by atoms with Crippen molar-refractivity contribution < 1.29 is 13.7 Å². The highest BCUT2D eigenvalue weighted by molar-refractivity contribution is 5.20. The van der Waals surface area contributed by atoms with Gasteiger partial charge in [-0.25, -0.2) is 4.39 Å². The van der Waals surface area contributed by atoms with E-state index in [1.807, 2.05) is 7.05 Å². The minimum atomic E-state index is -0.245. The molecule has 0 unspecified atom stereocenters. The summed E-state index contributed by atoms with van der Waals surface area (Å²) in [5.74, 6) is 0.812. The van der Waals surface area contributed by atoms with E-state index in [4.69, 9.17) is 9.26 Å². The molecule has 1 aromatic carbocycles. The average molecular weight is 319 g/mol. The summed E-state index contributed by atoms with van der Waals surface area (Å²) < 4.78 is 24.6. The molecule has 23 heavy (non-hydrogen) atoms. The Morgan fingerprint density at radius 2 is 2.17 bits per heavy atom. The first-order valence-electron chi connectivity index (χ1n) is 8.06. The average Bonchev–Trinajstić information content (AvgIpc) is 2.97. The second-order valence-electron chi connectivity index (χ2n) is 6.06. The molecular weight excluding hydrogens is 297 g/mol. The van der Waals surface area contributed by atoms with Crippen molar-refractivity contribution in [3.05, 3.63) is 47.4 Å². The summed E-state index contributed by atoms with van der Waals surface area (Å²) in [6.45, 7) is 2.28. The molecule has 0 amide bonds. The van der Waals surface area contributed by atoms with Crippen LogP contribution in [0.1, 0.15) is 36.5 Å². The molecule has 1 saturated heterocycles. The highest BCUT2D eigenvalue weighted by Gasteiger charge is 2.17. The molecule has 0 radical (unpaired) electrons. The molecule has 1 fully saturated rings. The van der Waals surface area contributed by atoms with Crippen LogP contribution in [0.5, 0.6) is 0 Å². The van der Waals surface area contributed by atoms with Crippen LogP contribution in [-0.2, 0) is 17.7 Å². The van der Waals surface area contributed by atoms with E-state index >= 15 is 0 Å². The van der Waals surface area contributed by atoms with Crippen LogP contribution in [0.15, 0.2) is 28.8 Å². The van der Waals surface area contributed by atoms with Crippen molar-refractivity contribution in [1.29, 1.82) is 0 Å². The third-order valence-corrected chi connectivity index (χ3v) is 4.01. The van der Waals surface area contributed by atoms with E-state index in [1.165, 1.54) is 12.5 Å². The molecule has 0 bridgehead atoms. The van der Waals surface area contributed by atoms with Crippen LogP contribution >= 0.6 is 0 Å². The number of hydrogen-bond donors (Lipinski definition) is 0. The fourth-order valence-corrected chi connectivity index (χ4v) is 2.83. The van der Waals surface area contributed by atoms with Gasteiger partial charge in [0.15, 0.2) is 5.82 Å². The van der Waals surface area contributed by atoms with E-state index in [0.717, 1.165) is 26.0 Å². The van der Waals surface area contributed by atoms with Crippen molar-refractivity contribution >= 4 is 0 Å². The summed E-state index contributed by atoms with van der Waals surface area (Å²) >= 11 is 0. The van der Waals surface area contributed by atoms with Gasteiger partial charge < -0.3 is 9.26 Å². The molecule has 0 saturated carbocycles. The summed E-state index contributed by atoms with van der Waals surface area (Å²) in [7, 11) is 2.01. The highest BCUT2D eigenvalue weighted by atomic mass is 19.1. The normalized spacial score (nSPS) is 18.5. The lowest BCUT2D eigenvalue weighted by molar-refractivity contribution is -0.00382. The Bertz CT molecular complexity index is 626. The van der Waals surface area contributed by atoms with E-state index in [-0.39, 0.29) is 11.9 Å². The van der Waals surface area contributed by atoms with Gasteiger partial charge in [0.1, 0.15) is 5.82 Å². The van der Waals surface area contributed by atoms with Gasteiger partial charge in [-0.05, 0) is 37.9 Å². The molecule has 0 aliphatic carbocycles. The van der Waals surface area contributed by atoms with Gasteiger partial charge in [0, 0.05) is 19.6 Å². The molecule has 6 heteroatoms. The van der Waals surface area contributed by atoms with Crippen molar-refractivity contribution in [1.82, 2.24) is 15.0 Å². The van der Waals surface area contributed by atoms with Gasteiger partial charge in [-0.3, -0.25) is 4.90 Å². The smallest absolute Gasteiger partial charge is 0.240 e. The van der Waals surface area contributed by atoms with Crippen LogP contribution in [-0.4, -0.2) is 41.3 Å². The lowest BCUT2D eigenvalue weighted by atomic mass is 10.1. The van der Waals surface area contributed by atoms with E-state index < -0.39 is 0 Å². The summed E-state index contributed by atoms with van der Waals surface area (Å²) in [5, 5.41) is 3.94. The van der Waals surface area contributed by atoms with Crippen LogP contribution in [0.2, 0.25) is 0 Å². The first-order valence-corrected chi connectivity index (χ1v) is 8.06. The molecule has 124 valence electrons. The fraction of sp³-hybridized carbons (Fsp3) is 0.529. The third-order valence-electron chi connectivity index (χ3n) is 4.01. The van der Waals surface area contributed by atoms with Gasteiger partial charge in [0.05, 0.1) is 12.6 Å². The topological polar surface area (TPSA) is 51.4 Å². The number of hydrogen-bond acceptors (Lipinski definition) is 5. The van der Waals surface area contributed by atoms with Gasteiger partial charge >= 0.3 is 0 Å². The van der Waals surface area contributed by atoms with Crippen LogP contribution in [0.25, 0.3) is 0 Å². The largest absolute Gasteiger partial charge is 0.377 e. The molecule has 1 aliphatic rings. The summed E-state index contributed by atoms with van der Waals surface area (Å²) in [6, 6.07) is 6.65. The molecule has 1 aliphatic heterocycles. The first-order chi connectivity index (χ1) is 11.2. The zero-order valence-corrected chi connectivity index (χ0v) is 13.4. The molecule has 2 heterocycles. The van der Waals surface area contributed by atoms with E-state index in [9.17, 15) is 4.39 Å². The summed E-state index contributed by atoms with van der Waals surface area (Å²) in [4.78, 5) is 6.47. The number of likely N-dealkylation sites (N-methyl/N-ethyl adjacent to an activating group) is 1. The predicted molar refractivity (Wildman–Crippen MR) is 83.4 cm³/mol. The van der Waals surface area contributed by atoms with E-state index in [0.29, 0.717) is 30.2 Å². The number of benzene rings is 1. The maximum absolute atomic E-state index is 13.6. The third kappa shape index (κ3) is 4.59. The quantitative estimate of drug-likeness (QED) is 0.819. The van der Waals surface area contributed by atoms with Gasteiger partial charge in [0.25, 0.3) is 0 Å². The first kappa shape index (κ1) is 16.1. The van der Waals surface area contributed by atoms with Gasteiger partial charge in [0.2, 0.25) is 5.89 Å². The Morgan fingerprint density at radius 3 is 2.96 bits per heavy atom. The number of rotatable bonds is 6. The summed E-state index contributed by atoms with van der Waals surface area (Å²) in [6.07, 6.45) is 4.11. The van der Waals surface area contributed by atoms with Crippen molar-refractivity contribution in [2.75, 3.05) is 20.2 Å². The maximum atomic E-state index is 13.6. The highest BCUT2D eigenvalue weighted by Crippen LogP contribution is 2.15. The van der Waals surface area contributed by atoms with Crippen LogP contribution in [0.4, 0.5) is 4.39 Å². The Kier molecular flexibility index (Phi) is 5.35. The lowest BCUT2D eigenvalue weighted by Gasteiger charge is -2.26. The van der Waals surface area contributed by atoms with Crippen molar-refractivity contribution in [3.63, 3.8) is 0 Å². The zero-order chi connectivity index (χ0) is 16.1. The van der Waals surface area contributed by atoms with Gasteiger partial charge in [-0.15, -0.1) is 0 Å². The zero-order valence-electron chi connectivity index (χ0n) is 13.4. The Labute approximate surface area is 135 Å². The molecule has 5 nitrogen and oxygen atoms in total. The minimum Gasteiger partial charge on any atom is -0.377 e. The van der Waals surface area contributed by atoms with Crippen molar-refractivity contribution in [3.8, 4) is 0 Å².